The number of nitrogens with zero attached hydrogens (tertiary/aromatic N) is 7. The summed E-state index contributed by atoms with van der Waals surface area (Å²) in [5.74, 6) is -2.06. The fraction of sp³-hybridized carbons (Fsp3) is 0.385. The molecule has 2 amide bonds. The number of aromatic nitrogens is 6. The van der Waals surface area contributed by atoms with Gasteiger partial charge in [0.25, 0.3) is 5.91 Å². The Morgan fingerprint density at radius 2 is 2.18 bits per heavy atom. The molecule has 2 aromatic heterocycles. The van der Waals surface area contributed by atoms with Gasteiger partial charge in [0.1, 0.15) is 27.8 Å². The maximum Gasteiger partial charge on any atom is 0.353 e. The summed E-state index contributed by atoms with van der Waals surface area (Å²) in [6.07, 6.45) is 1.30. The van der Waals surface area contributed by atoms with Crippen molar-refractivity contribution < 1.29 is 19.5 Å². The van der Waals surface area contributed by atoms with Gasteiger partial charge in [-0.1, -0.05) is 23.1 Å². The molecule has 0 radical (unpaired) electrons. The van der Waals surface area contributed by atoms with E-state index in [1.165, 1.54) is 51.4 Å². The number of hydrogen-bond acceptors (Lipinski definition) is 11. The number of carboxylic acid groups (broad SMARTS) is 1. The van der Waals surface area contributed by atoms with Gasteiger partial charge in [-0.2, -0.15) is 0 Å². The quantitative estimate of drug-likeness (QED) is 0.599. The van der Waals surface area contributed by atoms with Crippen LogP contribution in [0, 0.1) is 0 Å². The second-order valence-corrected chi connectivity index (χ2v) is 9.58. The summed E-state index contributed by atoms with van der Waals surface area (Å²) in [5, 5.41) is 30.6. The summed E-state index contributed by atoms with van der Waals surface area (Å²) in [7, 11) is 0. The molecule has 1 saturated heterocycles. The van der Waals surface area contributed by atoms with Crippen LogP contribution in [-0.4, -0.2) is 68.4 Å². The topological polar surface area (TPSA) is 156 Å². The molecule has 4 rings (SSSR count). The van der Waals surface area contributed by atoms with Gasteiger partial charge in [0.2, 0.25) is 5.91 Å². The molecule has 0 aromatic carbocycles. The van der Waals surface area contributed by atoms with Gasteiger partial charge in [-0.15, -0.1) is 27.1 Å². The van der Waals surface area contributed by atoms with E-state index in [0.29, 0.717) is 4.34 Å². The van der Waals surface area contributed by atoms with E-state index in [0.717, 1.165) is 11.8 Å². The van der Waals surface area contributed by atoms with E-state index in [2.05, 4.69) is 31.0 Å². The third-order valence-electron chi connectivity index (χ3n) is 4.06. The number of nitrogens with one attached hydrogen (secondary N) is 1. The van der Waals surface area contributed by atoms with E-state index in [4.69, 9.17) is 0 Å². The predicted molar refractivity (Wildman–Crippen MR) is 97.7 cm³/mol. The number of thioether (sulfide) groups is 2. The van der Waals surface area contributed by atoms with Crippen molar-refractivity contribution in [2.45, 2.75) is 34.5 Å². The molecule has 28 heavy (non-hydrogen) atoms. The van der Waals surface area contributed by atoms with E-state index >= 15 is 0 Å². The molecule has 12 nitrogen and oxygen atoms in total. The van der Waals surface area contributed by atoms with Crippen molar-refractivity contribution in [1.82, 2.24) is 40.6 Å². The molecule has 2 aromatic rings. The molecule has 2 aliphatic rings. The average molecular weight is 440 g/mol. The van der Waals surface area contributed by atoms with Crippen LogP contribution in [-0.2, 0) is 14.4 Å². The lowest BCUT2D eigenvalue weighted by Gasteiger charge is -2.53. The smallest absolute Gasteiger partial charge is 0.353 e. The second-order valence-electron chi connectivity index (χ2n) is 5.96. The number of carboxylic acids is 1. The zero-order valence-corrected chi connectivity index (χ0v) is 16.8. The molecule has 15 heteroatoms. The summed E-state index contributed by atoms with van der Waals surface area (Å²) < 4.78 is 1.78. The van der Waals surface area contributed by atoms with Gasteiger partial charge in [-0.3, -0.25) is 14.5 Å². The summed E-state index contributed by atoms with van der Waals surface area (Å²) in [4.78, 5) is 37.2. The Morgan fingerprint density at radius 1 is 1.39 bits per heavy atom. The molecule has 0 saturated carbocycles. The minimum absolute atomic E-state index is 0.200. The van der Waals surface area contributed by atoms with Gasteiger partial charge >= 0.3 is 5.97 Å². The average Bonchev–Trinajstić information content (AvgIpc) is 3.29. The van der Waals surface area contributed by atoms with Crippen LogP contribution < -0.4 is 5.32 Å². The zero-order chi connectivity index (χ0) is 20.1. The van der Waals surface area contributed by atoms with Crippen LogP contribution in [0.3, 0.4) is 0 Å². The first-order chi connectivity index (χ1) is 13.3. The van der Waals surface area contributed by atoms with Crippen LogP contribution in [0.2, 0.25) is 0 Å². The Balaban J connectivity index is 1.82. The van der Waals surface area contributed by atoms with Crippen LogP contribution in [0.25, 0.3) is 0 Å². The standard InChI is InChI=1S/C13H12N8O4S3/c1-5(22)16-13(2)8(27-12-17-15-4-26-12)6(11(24)25)21-9(23)7(10(21)28-13)20-3-14-18-19-20/h3-4,7,10H,1-2H3,(H,16,22)(H,24,25)/t7?,10-,13?/m1/s1. The molecular weight excluding hydrogens is 428 g/mol. The molecule has 0 spiro atoms. The van der Waals surface area contributed by atoms with Crippen molar-refractivity contribution in [3.63, 3.8) is 0 Å². The predicted octanol–water partition coefficient (Wildman–Crippen LogP) is -0.0784. The third-order valence-corrected chi connectivity index (χ3v) is 7.76. The summed E-state index contributed by atoms with van der Waals surface area (Å²) in [6.45, 7) is 3.04. The zero-order valence-electron chi connectivity index (χ0n) is 14.3. The Bertz CT molecular complexity index is 978. The minimum Gasteiger partial charge on any atom is -0.477 e. The minimum atomic E-state index is -1.28. The van der Waals surface area contributed by atoms with Crippen LogP contribution in [0.4, 0.5) is 0 Å². The molecule has 1 fully saturated rings. The lowest BCUT2D eigenvalue weighted by molar-refractivity contribution is -0.151. The molecule has 146 valence electrons. The maximum atomic E-state index is 12.8. The molecule has 4 heterocycles. The van der Waals surface area contributed by atoms with Crippen LogP contribution >= 0.6 is 34.9 Å². The number of β-lactam (4-membered cyclic amide) rings is 1. The van der Waals surface area contributed by atoms with E-state index in [9.17, 15) is 19.5 Å². The number of tetrazole rings is 1. The van der Waals surface area contributed by atoms with Crippen molar-refractivity contribution in [3.05, 3.63) is 22.4 Å². The Hall–Kier alpha value is -2.52. The van der Waals surface area contributed by atoms with E-state index < -0.39 is 28.2 Å². The first kappa shape index (κ1) is 18.8. The van der Waals surface area contributed by atoms with Crippen molar-refractivity contribution in [1.29, 1.82) is 0 Å². The SMILES string of the molecule is CC(=O)NC1(C)S[C@@H]2C(n3cnnn3)C(=O)N2C(C(=O)O)=C1Sc1nncs1. The van der Waals surface area contributed by atoms with Gasteiger partial charge in [-0.05, 0) is 17.4 Å². The number of fused-ring (bicyclic) bond motifs is 1. The number of carbonyl (C=O) groups excluding carboxylic acids is 2. The highest BCUT2D eigenvalue weighted by atomic mass is 32.2. The molecule has 3 atom stereocenters. The summed E-state index contributed by atoms with van der Waals surface area (Å²) in [5.41, 5.74) is 1.31. The van der Waals surface area contributed by atoms with Gasteiger partial charge in [-0.25, -0.2) is 9.48 Å². The lowest BCUT2D eigenvalue weighted by Crippen LogP contribution is -2.65. The van der Waals surface area contributed by atoms with Crippen LogP contribution in [0.5, 0.6) is 0 Å². The lowest BCUT2D eigenvalue weighted by atomic mass is 10.0. The first-order valence-corrected chi connectivity index (χ1v) is 10.3. The summed E-state index contributed by atoms with van der Waals surface area (Å²) >= 11 is 3.54. The number of hydrogen-bond donors (Lipinski definition) is 2. The van der Waals surface area contributed by atoms with Crippen molar-refractivity contribution in [2.75, 3.05) is 0 Å². The molecule has 2 unspecified atom stereocenters. The highest BCUT2D eigenvalue weighted by molar-refractivity contribution is 8.08. The van der Waals surface area contributed by atoms with E-state index in [-0.39, 0.29) is 16.5 Å². The van der Waals surface area contributed by atoms with E-state index in [1.54, 1.807) is 6.92 Å². The molecule has 2 aliphatic heterocycles. The number of amides is 2. The highest BCUT2D eigenvalue weighted by Gasteiger charge is 2.60. The molecular formula is C13H12N8O4S3. The normalized spacial score (nSPS) is 26.6. The fourth-order valence-electron chi connectivity index (χ4n) is 3.04. The monoisotopic (exact) mass is 440 g/mol. The third kappa shape index (κ3) is 2.94. The summed E-state index contributed by atoms with van der Waals surface area (Å²) in [6, 6.07) is -0.768. The fourth-order valence-corrected chi connectivity index (χ4v) is 6.52. The van der Waals surface area contributed by atoms with Gasteiger partial charge in [0, 0.05) is 6.92 Å². The van der Waals surface area contributed by atoms with Crippen LogP contribution in [0.1, 0.15) is 19.9 Å². The van der Waals surface area contributed by atoms with Gasteiger partial charge in [0.15, 0.2) is 10.4 Å². The first-order valence-electron chi connectivity index (χ1n) is 7.76. The Labute approximate surface area is 169 Å². The Morgan fingerprint density at radius 3 is 2.75 bits per heavy atom. The second kappa shape index (κ2) is 6.82. The van der Waals surface area contributed by atoms with Crippen molar-refractivity contribution >= 4 is 52.6 Å². The Kier molecular flexibility index (Phi) is 4.59. The number of aliphatic carboxylic acids is 1. The number of carbonyl (C=O) groups is 3. The van der Waals surface area contributed by atoms with Gasteiger partial charge < -0.3 is 10.4 Å². The number of rotatable bonds is 5. The molecule has 2 N–H and O–H groups in total. The van der Waals surface area contributed by atoms with Crippen molar-refractivity contribution in [2.24, 2.45) is 0 Å². The van der Waals surface area contributed by atoms with Crippen molar-refractivity contribution in [3.8, 4) is 0 Å². The largest absolute Gasteiger partial charge is 0.477 e. The maximum absolute atomic E-state index is 12.8. The van der Waals surface area contributed by atoms with E-state index in [1.807, 2.05) is 0 Å². The highest BCUT2D eigenvalue weighted by Crippen LogP contribution is 2.56. The molecule has 0 bridgehead atoms. The van der Waals surface area contributed by atoms with Crippen LogP contribution in [0.15, 0.2) is 26.8 Å². The molecule has 0 aliphatic carbocycles. The van der Waals surface area contributed by atoms with Gasteiger partial charge in [0.05, 0.1) is 4.91 Å².